The van der Waals surface area contributed by atoms with Gasteiger partial charge in [-0.2, -0.15) is 4.31 Å². The molecular weight excluding hydrogens is 338 g/mol. The van der Waals surface area contributed by atoms with E-state index in [1.165, 1.54) is 16.4 Å². The van der Waals surface area contributed by atoms with E-state index in [2.05, 4.69) is 21.2 Å². The molecule has 0 aliphatic carbocycles. The van der Waals surface area contributed by atoms with Gasteiger partial charge in [0.1, 0.15) is 0 Å². The maximum absolute atomic E-state index is 12.3. The minimum atomic E-state index is -3.67. The van der Waals surface area contributed by atoms with E-state index in [0.717, 1.165) is 6.07 Å². The van der Waals surface area contributed by atoms with Crippen LogP contribution in [-0.4, -0.2) is 43.8 Å². The number of nitro benzene ring substituents is 1. The average Bonchev–Trinajstić information content (AvgIpc) is 2.39. The highest BCUT2D eigenvalue weighted by Gasteiger charge is 2.27. The average molecular weight is 350 g/mol. The van der Waals surface area contributed by atoms with Crippen LogP contribution in [0.25, 0.3) is 0 Å². The number of hydrogen-bond acceptors (Lipinski definition) is 5. The second kappa shape index (κ2) is 5.53. The van der Waals surface area contributed by atoms with Gasteiger partial charge in [0.25, 0.3) is 5.69 Å². The van der Waals surface area contributed by atoms with Crippen LogP contribution in [0.5, 0.6) is 0 Å². The van der Waals surface area contributed by atoms with Gasteiger partial charge in [-0.15, -0.1) is 0 Å². The molecule has 0 unspecified atom stereocenters. The van der Waals surface area contributed by atoms with Gasteiger partial charge >= 0.3 is 0 Å². The van der Waals surface area contributed by atoms with E-state index >= 15 is 0 Å². The first-order valence-electron chi connectivity index (χ1n) is 5.58. The molecule has 1 aliphatic heterocycles. The zero-order chi connectivity index (χ0) is 14.0. The molecule has 9 heteroatoms. The van der Waals surface area contributed by atoms with E-state index < -0.39 is 14.9 Å². The number of sulfonamides is 1. The van der Waals surface area contributed by atoms with E-state index in [9.17, 15) is 18.5 Å². The van der Waals surface area contributed by atoms with E-state index in [1.807, 2.05) is 0 Å². The Balaban J connectivity index is 2.40. The Hall–Kier alpha value is -1.03. The maximum Gasteiger partial charge on any atom is 0.284 e. The summed E-state index contributed by atoms with van der Waals surface area (Å²) in [5, 5.41) is 13.9. The number of hydrogen-bond donors (Lipinski definition) is 1. The number of nitrogens with one attached hydrogen (secondary N) is 1. The Kier molecular flexibility index (Phi) is 4.19. The minimum Gasteiger partial charge on any atom is -0.314 e. The van der Waals surface area contributed by atoms with Gasteiger partial charge < -0.3 is 5.32 Å². The third kappa shape index (κ3) is 2.94. The molecule has 104 valence electrons. The summed E-state index contributed by atoms with van der Waals surface area (Å²) in [4.78, 5) is 10.2. The summed E-state index contributed by atoms with van der Waals surface area (Å²) in [5.74, 6) is 0. The zero-order valence-electron chi connectivity index (χ0n) is 9.87. The summed E-state index contributed by atoms with van der Waals surface area (Å²) < 4.78 is 26.3. The van der Waals surface area contributed by atoms with Crippen molar-refractivity contribution in [1.29, 1.82) is 0 Å². The van der Waals surface area contributed by atoms with E-state index in [1.54, 1.807) is 0 Å². The lowest BCUT2D eigenvalue weighted by Crippen LogP contribution is -2.46. The summed E-state index contributed by atoms with van der Waals surface area (Å²) >= 11 is 3.03. The lowest BCUT2D eigenvalue weighted by atomic mass is 10.3. The van der Waals surface area contributed by atoms with Crippen molar-refractivity contribution in [3.05, 3.63) is 32.8 Å². The van der Waals surface area contributed by atoms with Gasteiger partial charge in [-0.25, -0.2) is 8.42 Å². The van der Waals surface area contributed by atoms with Crippen molar-refractivity contribution in [1.82, 2.24) is 9.62 Å². The Morgan fingerprint density at radius 2 is 1.95 bits per heavy atom. The molecule has 1 saturated heterocycles. The first kappa shape index (κ1) is 14.4. The first-order chi connectivity index (χ1) is 8.93. The highest BCUT2D eigenvalue weighted by molar-refractivity contribution is 9.10. The van der Waals surface area contributed by atoms with Gasteiger partial charge in [-0.1, -0.05) is 0 Å². The molecule has 0 aromatic heterocycles. The number of nitrogens with zero attached hydrogens (tertiary/aromatic N) is 2. The normalized spacial score (nSPS) is 17.3. The van der Waals surface area contributed by atoms with Crippen LogP contribution in [0.3, 0.4) is 0 Å². The van der Waals surface area contributed by atoms with Crippen molar-refractivity contribution >= 4 is 31.6 Å². The number of nitro groups is 1. The molecule has 1 aliphatic rings. The molecule has 2 rings (SSSR count). The standard InChI is InChI=1S/C10H12BrN3O4S/c11-9-2-1-8(7-10(9)14(15)16)19(17,18)13-5-3-12-4-6-13/h1-2,7,12H,3-6H2. The quantitative estimate of drug-likeness (QED) is 0.647. The molecule has 1 fully saturated rings. The smallest absolute Gasteiger partial charge is 0.284 e. The van der Waals surface area contributed by atoms with Crippen LogP contribution >= 0.6 is 15.9 Å². The van der Waals surface area contributed by atoms with E-state index in [4.69, 9.17) is 0 Å². The third-order valence-corrected chi connectivity index (χ3v) is 5.39. The lowest BCUT2D eigenvalue weighted by Gasteiger charge is -2.26. The number of halogens is 1. The van der Waals surface area contributed by atoms with Crippen LogP contribution < -0.4 is 5.32 Å². The highest BCUT2D eigenvalue weighted by atomic mass is 79.9. The van der Waals surface area contributed by atoms with Crippen molar-refractivity contribution in [3.63, 3.8) is 0 Å². The monoisotopic (exact) mass is 349 g/mol. The zero-order valence-corrected chi connectivity index (χ0v) is 12.3. The van der Waals surface area contributed by atoms with Gasteiger partial charge in [-0.3, -0.25) is 10.1 Å². The SMILES string of the molecule is O=[N+]([O-])c1cc(S(=O)(=O)N2CCNCC2)ccc1Br. The second-order valence-electron chi connectivity index (χ2n) is 4.02. The third-order valence-electron chi connectivity index (χ3n) is 2.83. The fraction of sp³-hybridized carbons (Fsp3) is 0.400. The van der Waals surface area contributed by atoms with Crippen LogP contribution in [-0.2, 0) is 10.0 Å². The maximum atomic E-state index is 12.3. The molecular formula is C10H12BrN3O4S. The molecule has 0 bridgehead atoms. The lowest BCUT2D eigenvalue weighted by molar-refractivity contribution is -0.385. The van der Waals surface area contributed by atoms with E-state index in [-0.39, 0.29) is 15.1 Å². The summed E-state index contributed by atoms with van der Waals surface area (Å²) in [6, 6.07) is 3.84. The second-order valence-corrected chi connectivity index (χ2v) is 6.82. The Morgan fingerprint density at radius 3 is 2.53 bits per heavy atom. The molecule has 1 aromatic rings. The predicted octanol–water partition coefficient (Wildman–Crippen LogP) is 0.951. The van der Waals surface area contributed by atoms with Crippen LogP contribution in [0, 0.1) is 10.1 Å². The summed E-state index contributed by atoms with van der Waals surface area (Å²) in [7, 11) is -3.67. The summed E-state index contributed by atoms with van der Waals surface area (Å²) in [5.41, 5.74) is -0.254. The number of benzene rings is 1. The first-order valence-corrected chi connectivity index (χ1v) is 7.81. The van der Waals surface area contributed by atoms with Gasteiger partial charge in [0.2, 0.25) is 10.0 Å². The minimum absolute atomic E-state index is 0.0516. The molecule has 1 N–H and O–H groups in total. The van der Waals surface area contributed by atoms with Crippen molar-refractivity contribution in [2.45, 2.75) is 4.90 Å². The number of rotatable bonds is 3. The molecule has 1 aromatic carbocycles. The van der Waals surface area contributed by atoms with Crippen molar-refractivity contribution in [2.75, 3.05) is 26.2 Å². The molecule has 1 heterocycles. The fourth-order valence-electron chi connectivity index (χ4n) is 1.83. The Morgan fingerprint density at radius 1 is 1.32 bits per heavy atom. The number of piperazine rings is 1. The molecule has 0 radical (unpaired) electrons. The van der Waals surface area contributed by atoms with Gasteiger partial charge in [-0.05, 0) is 28.1 Å². The fourth-order valence-corrected chi connectivity index (χ4v) is 3.68. The van der Waals surface area contributed by atoms with Crippen LogP contribution in [0.15, 0.2) is 27.6 Å². The van der Waals surface area contributed by atoms with Gasteiger partial charge in [0, 0.05) is 32.2 Å². The topological polar surface area (TPSA) is 92.5 Å². The molecule has 0 atom stereocenters. The highest BCUT2D eigenvalue weighted by Crippen LogP contribution is 2.28. The van der Waals surface area contributed by atoms with Gasteiger partial charge in [0.15, 0.2) is 0 Å². The van der Waals surface area contributed by atoms with Crippen LogP contribution in [0.4, 0.5) is 5.69 Å². The largest absolute Gasteiger partial charge is 0.314 e. The van der Waals surface area contributed by atoms with Gasteiger partial charge in [0.05, 0.1) is 14.3 Å². The van der Waals surface area contributed by atoms with Crippen LogP contribution in [0.1, 0.15) is 0 Å². The Labute approximate surface area is 118 Å². The summed E-state index contributed by atoms with van der Waals surface area (Å²) in [6.45, 7) is 1.90. The predicted molar refractivity (Wildman–Crippen MR) is 72.4 cm³/mol. The summed E-state index contributed by atoms with van der Waals surface area (Å²) in [6.07, 6.45) is 0. The Bertz CT molecular complexity index is 599. The van der Waals surface area contributed by atoms with E-state index in [0.29, 0.717) is 26.2 Å². The molecule has 19 heavy (non-hydrogen) atoms. The molecule has 0 amide bonds. The molecule has 7 nitrogen and oxygen atoms in total. The van der Waals surface area contributed by atoms with Crippen LogP contribution in [0.2, 0.25) is 0 Å². The van der Waals surface area contributed by atoms with Crippen molar-refractivity contribution in [3.8, 4) is 0 Å². The molecule has 0 spiro atoms. The van der Waals surface area contributed by atoms with Crippen molar-refractivity contribution in [2.24, 2.45) is 0 Å². The van der Waals surface area contributed by atoms with Crippen molar-refractivity contribution < 1.29 is 13.3 Å². The molecule has 0 saturated carbocycles.